The zero-order valence-corrected chi connectivity index (χ0v) is 13.5. The van der Waals surface area contributed by atoms with Crippen molar-refractivity contribution in [3.8, 4) is 0 Å². The first-order valence-electron chi connectivity index (χ1n) is 7.20. The van der Waals surface area contributed by atoms with Gasteiger partial charge in [0.2, 0.25) is 0 Å². The molecule has 2 aliphatic heterocycles. The fourth-order valence-electron chi connectivity index (χ4n) is 4.10. The molecule has 2 heterocycles. The fraction of sp³-hybridized carbons (Fsp3) is 0.625. The van der Waals surface area contributed by atoms with E-state index in [1.165, 1.54) is 5.30 Å². The van der Waals surface area contributed by atoms with Crippen molar-refractivity contribution in [2.24, 2.45) is 0 Å². The van der Waals surface area contributed by atoms with Gasteiger partial charge in [0.05, 0.1) is 16.8 Å². The minimum absolute atomic E-state index is 0.156. The number of fused-ring (bicyclic) bond motifs is 2. The molecule has 5 atom stereocenters. The minimum atomic E-state index is -1.11. The van der Waals surface area contributed by atoms with Crippen molar-refractivity contribution in [3.63, 3.8) is 0 Å². The van der Waals surface area contributed by atoms with Gasteiger partial charge >= 0.3 is 0 Å². The summed E-state index contributed by atoms with van der Waals surface area (Å²) in [4.78, 5) is 0. The van der Waals surface area contributed by atoms with Crippen LogP contribution < -0.4 is 5.30 Å². The first kappa shape index (κ1) is 14.5. The third-order valence-electron chi connectivity index (χ3n) is 4.18. The maximum atomic E-state index is 10.5. The Bertz CT molecular complexity index is 480. The summed E-state index contributed by atoms with van der Waals surface area (Å²) in [5, 5.41) is 11.1. The lowest BCUT2D eigenvalue weighted by atomic mass is 10.0. The molecule has 0 aromatic heterocycles. The van der Waals surface area contributed by atoms with Crippen LogP contribution >= 0.6 is 7.92 Å². The van der Waals surface area contributed by atoms with Gasteiger partial charge in [-0.05, 0) is 40.9 Å². The standard InChI is InChI=1S/C16H23O3P/c1-12-10-15(3)19-14(2,17)11-16(4,18-12)20(15)13-8-6-5-7-9-13/h5-9,12,17H,10-11H2,1-4H3. The van der Waals surface area contributed by atoms with Gasteiger partial charge in [0.1, 0.15) is 0 Å². The topological polar surface area (TPSA) is 38.7 Å². The summed E-state index contributed by atoms with van der Waals surface area (Å²) >= 11 is 0. The van der Waals surface area contributed by atoms with Gasteiger partial charge < -0.3 is 14.6 Å². The van der Waals surface area contributed by atoms with Crippen molar-refractivity contribution in [3.05, 3.63) is 30.3 Å². The van der Waals surface area contributed by atoms with E-state index in [1.54, 1.807) is 6.92 Å². The predicted octanol–water partition coefficient (Wildman–Crippen LogP) is 3.16. The molecule has 2 aliphatic rings. The molecular weight excluding hydrogens is 271 g/mol. The Hall–Kier alpha value is -0.470. The van der Waals surface area contributed by atoms with Gasteiger partial charge in [-0.25, -0.2) is 0 Å². The largest absolute Gasteiger partial charge is 0.367 e. The number of hydrogen-bond acceptors (Lipinski definition) is 3. The Morgan fingerprint density at radius 1 is 1.15 bits per heavy atom. The van der Waals surface area contributed by atoms with Crippen molar-refractivity contribution in [2.75, 3.05) is 0 Å². The first-order chi connectivity index (χ1) is 9.24. The zero-order valence-electron chi connectivity index (χ0n) is 12.6. The summed E-state index contributed by atoms with van der Waals surface area (Å²) in [6.45, 7) is 8.12. The Labute approximate surface area is 122 Å². The second-order valence-electron chi connectivity index (χ2n) is 6.61. The summed E-state index contributed by atoms with van der Waals surface area (Å²) in [5.41, 5.74) is 0. The van der Waals surface area contributed by atoms with Crippen LogP contribution in [0.25, 0.3) is 0 Å². The molecule has 20 heavy (non-hydrogen) atoms. The Balaban J connectivity index is 2.09. The Kier molecular flexibility index (Phi) is 3.26. The van der Waals surface area contributed by atoms with Crippen molar-refractivity contribution >= 4 is 13.2 Å². The van der Waals surface area contributed by atoms with Crippen LogP contribution in [0.5, 0.6) is 0 Å². The van der Waals surface area contributed by atoms with Crippen LogP contribution in [0.1, 0.15) is 40.5 Å². The van der Waals surface area contributed by atoms with Gasteiger partial charge in [-0.2, -0.15) is 0 Å². The number of aliphatic hydroxyl groups is 1. The lowest BCUT2D eigenvalue weighted by Crippen LogP contribution is -2.60. The number of hydrogen-bond donors (Lipinski definition) is 1. The molecule has 5 unspecified atom stereocenters. The molecule has 1 aromatic rings. The maximum Gasteiger partial charge on any atom is 0.166 e. The van der Waals surface area contributed by atoms with E-state index < -0.39 is 13.7 Å². The summed E-state index contributed by atoms with van der Waals surface area (Å²) in [5.74, 6) is -1.11. The molecule has 0 aliphatic carbocycles. The van der Waals surface area contributed by atoms with Crippen molar-refractivity contribution in [1.82, 2.24) is 0 Å². The molecule has 2 fully saturated rings. The highest BCUT2D eigenvalue weighted by Crippen LogP contribution is 2.70. The van der Waals surface area contributed by atoms with E-state index in [0.717, 1.165) is 6.42 Å². The average molecular weight is 294 g/mol. The molecule has 2 saturated heterocycles. The lowest BCUT2D eigenvalue weighted by molar-refractivity contribution is -0.284. The van der Waals surface area contributed by atoms with E-state index in [1.807, 2.05) is 6.07 Å². The zero-order chi connectivity index (χ0) is 14.6. The van der Waals surface area contributed by atoms with E-state index >= 15 is 0 Å². The van der Waals surface area contributed by atoms with Crippen LogP contribution in [-0.4, -0.2) is 27.7 Å². The minimum Gasteiger partial charge on any atom is -0.367 e. The van der Waals surface area contributed by atoms with E-state index in [9.17, 15) is 5.11 Å². The summed E-state index contributed by atoms with van der Waals surface area (Å²) < 4.78 is 12.4. The number of ether oxygens (including phenoxy) is 2. The van der Waals surface area contributed by atoms with Gasteiger partial charge in [0.15, 0.2) is 5.79 Å². The predicted molar refractivity (Wildman–Crippen MR) is 81.3 cm³/mol. The van der Waals surface area contributed by atoms with Gasteiger partial charge in [0.25, 0.3) is 0 Å². The van der Waals surface area contributed by atoms with E-state index in [-0.39, 0.29) is 16.8 Å². The van der Waals surface area contributed by atoms with Crippen LogP contribution in [0.3, 0.4) is 0 Å². The van der Waals surface area contributed by atoms with Gasteiger partial charge in [0, 0.05) is 12.8 Å². The first-order valence-corrected chi connectivity index (χ1v) is 8.54. The van der Waals surface area contributed by atoms with Crippen LogP contribution in [0, 0.1) is 0 Å². The molecule has 3 rings (SSSR count). The molecule has 0 spiro atoms. The van der Waals surface area contributed by atoms with Crippen LogP contribution in [-0.2, 0) is 9.47 Å². The van der Waals surface area contributed by atoms with Crippen molar-refractivity contribution in [1.29, 1.82) is 0 Å². The molecule has 1 aromatic carbocycles. The molecule has 0 amide bonds. The molecular formula is C16H23O3P. The SMILES string of the molecule is CC1CC2(C)OC(C)(O)CC(C)(O1)P2c1ccccc1. The number of rotatable bonds is 1. The maximum absolute atomic E-state index is 10.5. The summed E-state index contributed by atoms with van der Waals surface area (Å²) in [6, 6.07) is 10.5. The molecule has 2 bridgehead atoms. The highest BCUT2D eigenvalue weighted by Gasteiger charge is 2.61. The highest BCUT2D eigenvalue weighted by molar-refractivity contribution is 7.68. The fourth-order valence-corrected chi connectivity index (χ4v) is 8.13. The van der Waals surface area contributed by atoms with E-state index in [4.69, 9.17) is 9.47 Å². The van der Waals surface area contributed by atoms with Crippen molar-refractivity contribution < 1.29 is 14.6 Å². The smallest absolute Gasteiger partial charge is 0.166 e. The molecule has 110 valence electrons. The molecule has 3 nitrogen and oxygen atoms in total. The monoisotopic (exact) mass is 294 g/mol. The summed E-state index contributed by atoms with van der Waals surface area (Å²) in [6.07, 6.45) is 1.49. The third kappa shape index (κ3) is 2.31. The van der Waals surface area contributed by atoms with Crippen molar-refractivity contribution in [2.45, 2.75) is 63.1 Å². The normalized spacial score (nSPS) is 48.0. The molecule has 0 radical (unpaired) electrons. The van der Waals surface area contributed by atoms with Gasteiger partial charge in [-0.3, -0.25) is 0 Å². The quantitative estimate of drug-likeness (QED) is 0.809. The Morgan fingerprint density at radius 3 is 2.40 bits per heavy atom. The van der Waals surface area contributed by atoms with Crippen LogP contribution in [0.15, 0.2) is 30.3 Å². The second kappa shape index (κ2) is 4.51. The summed E-state index contributed by atoms with van der Waals surface area (Å²) in [7, 11) is -0.658. The van der Waals surface area contributed by atoms with Gasteiger partial charge in [-0.1, -0.05) is 30.3 Å². The highest BCUT2D eigenvalue weighted by atomic mass is 31.1. The average Bonchev–Trinajstić information content (AvgIpc) is 2.24. The lowest BCUT2D eigenvalue weighted by Gasteiger charge is -2.60. The van der Waals surface area contributed by atoms with E-state index in [2.05, 4.69) is 45.0 Å². The second-order valence-corrected chi connectivity index (χ2v) is 9.69. The van der Waals surface area contributed by atoms with Crippen LogP contribution in [0.2, 0.25) is 0 Å². The molecule has 0 saturated carbocycles. The molecule has 4 heteroatoms. The van der Waals surface area contributed by atoms with Crippen LogP contribution in [0.4, 0.5) is 0 Å². The molecule has 1 N–H and O–H groups in total. The van der Waals surface area contributed by atoms with Gasteiger partial charge in [-0.15, -0.1) is 0 Å². The van der Waals surface area contributed by atoms with E-state index in [0.29, 0.717) is 6.42 Å². The Morgan fingerprint density at radius 2 is 1.80 bits per heavy atom. The third-order valence-corrected chi connectivity index (χ3v) is 7.42. The number of benzene rings is 1.